The largest absolute Gasteiger partial charge is 0.493 e. The molecule has 0 heterocycles. The van der Waals surface area contributed by atoms with Crippen molar-refractivity contribution in [3.8, 4) is 0 Å². The lowest BCUT2D eigenvalue weighted by molar-refractivity contribution is 0.267. The molecule has 0 fully saturated rings. The third-order valence-electron chi connectivity index (χ3n) is 2.68. The molecule has 1 rings (SSSR count). The lowest BCUT2D eigenvalue weighted by Crippen LogP contribution is -1.96. The maximum atomic E-state index is 5.82. The van der Waals surface area contributed by atoms with Crippen LogP contribution < -0.4 is 0 Å². The van der Waals surface area contributed by atoms with Crippen molar-refractivity contribution in [3.05, 3.63) is 41.5 Å². The van der Waals surface area contributed by atoms with Gasteiger partial charge in [-0.1, -0.05) is 44.0 Å². The van der Waals surface area contributed by atoms with Gasteiger partial charge in [-0.05, 0) is 31.9 Å². The Bertz CT molecular complexity index is 339. The van der Waals surface area contributed by atoms with Gasteiger partial charge in [0.05, 0.1) is 6.61 Å². The molecule has 0 radical (unpaired) electrons. The summed E-state index contributed by atoms with van der Waals surface area (Å²) in [7, 11) is 0. The summed E-state index contributed by atoms with van der Waals surface area (Å²) in [5, 5.41) is 0. The van der Waals surface area contributed by atoms with Gasteiger partial charge in [-0.25, -0.2) is 0 Å². The molecule has 1 aromatic rings. The van der Waals surface area contributed by atoms with Crippen LogP contribution in [0, 0.1) is 6.92 Å². The summed E-state index contributed by atoms with van der Waals surface area (Å²) in [5.74, 6) is 1.01. The molecule has 0 unspecified atom stereocenters. The van der Waals surface area contributed by atoms with E-state index >= 15 is 0 Å². The van der Waals surface area contributed by atoms with Crippen molar-refractivity contribution >= 4 is 5.76 Å². The predicted octanol–water partition coefficient (Wildman–Crippen LogP) is 4.56. The molecular formula is C15H22O. The van der Waals surface area contributed by atoms with Gasteiger partial charge >= 0.3 is 0 Å². The number of ether oxygens (including phenoxy) is 1. The number of rotatable bonds is 6. The Balaban J connectivity index is 2.59. The molecule has 88 valence electrons. The van der Waals surface area contributed by atoms with Gasteiger partial charge in [-0.3, -0.25) is 0 Å². The van der Waals surface area contributed by atoms with Crippen LogP contribution in [0.1, 0.15) is 44.2 Å². The molecule has 0 N–H and O–H groups in total. The van der Waals surface area contributed by atoms with E-state index in [9.17, 15) is 0 Å². The molecule has 1 aromatic carbocycles. The topological polar surface area (TPSA) is 9.23 Å². The van der Waals surface area contributed by atoms with E-state index in [0.717, 1.165) is 18.8 Å². The number of hydrogen-bond donors (Lipinski definition) is 0. The fraction of sp³-hybridized carbons (Fsp3) is 0.467. The highest BCUT2D eigenvalue weighted by Gasteiger charge is 2.03. The summed E-state index contributed by atoms with van der Waals surface area (Å²) in [6.07, 6.45) is 5.66. The Kier molecular flexibility index (Phi) is 5.69. The Morgan fingerprint density at radius 3 is 2.62 bits per heavy atom. The van der Waals surface area contributed by atoms with Crippen LogP contribution in [-0.4, -0.2) is 6.61 Å². The van der Waals surface area contributed by atoms with E-state index in [4.69, 9.17) is 4.74 Å². The first-order chi connectivity index (χ1) is 7.79. The minimum Gasteiger partial charge on any atom is -0.493 e. The number of aryl methyl sites for hydroxylation is 1. The summed E-state index contributed by atoms with van der Waals surface area (Å²) < 4.78 is 5.82. The Morgan fingerprint density at radius 2 is 2.00 bits per heavy atom. The molecule has 0 bridgehead atoms. The molecule has 0 aliphatic rings. The predicted molar refractivity (Wildman–Crippen MR) is 70.3 cm³/mol. The molecule has 0 saturated carbocycles. The first kappa shape index (κ1) is 12.8. The SMILES string of the molecule is CC=C(OCCCCC)c1ccccc1C. The zero-order chi connectivity index (χ0) is 11.8. The zero-order valence-electron chi connectivity index (χ0n) is 10.6. The second-order valence-electron chi connectivity index (χ2n) is 4.02. The first-order valence-electron chi connectivity index (χ1n) is 6.14. The summed E-state index contributed by atoms with van der Waals surface area (Å²) in [5.41, 5.74) is 2.48. The van der Waals surface area contributed by atoms with Crippen LogP contribution in [0.3, 0.4) is 0 Å². The number of hydrogen-bond acceptors (Lipinski definition) is 1. The van der Waals surface area contributed by atoms with Crippen LogP contribution in [0.2, 0.25) is 0 Å². The highest BCUT2D eigenvalue weighted by Crippen LogP contribution is 2.20. The minimum atomic E-state index is 0.821. The highest BCUT2D eigenvalue weighted by atomic mass is 16.5. The number of allylic oxidation sites excluding steroid dienone is 1. The van der Waals surface area contributed by atoms with Gasteiger partial charge in [0.1, 0.15) is 5.76 Å². The summed E-state index contributed by atoms with van der Waals surface area (Å²) in [6, 6.07) is 8.35. The van der Waals surface area contributed by atoms with E-state index in [1.54, 1.807) is 0 Å². The molecule has 1 nitrogen and oxygen atoms in total. The van der Waals surface area contributed by atoms with Gasteiger partial charge in [0.25, 0.3) is 0 Å². The Labute approximate surface area is 99.1 Å². The van der Waals surface area contributed by atoms with E-state index in [2.05, 4.69) is 38.1 Å². The van der Waals surface area contributed by atoms with E-state index in [0.29, 0.717) is 0 Å². The Morgan fingerprint density at radius 1 is 1.25 bits per heavy atom. The van der Waals surface area contributed by atoms with E-state index < -0.39 is 0 Å². The lowest BCUT2D eigenvalue weighted by Gasteiger charge is -2.12. The van der Waals surface area contributed by atoms with Crippen molar-refractivity contribution in [2.45, 2.75) is 40.0 Å². The quantitative estimate of drug-likeness (QED) is 0.502. The van der Waals surface area contributed by atoms with Crippen molar-refractivity contribution < 1.29 is 4.74 Å². The van der Waals surface area contributed by atoms with Crippen molar-refractivity contribution in [2.75, 3.05) is 6.61 Å². The second kappa shape index (κ2) is 7.10. The molecule has 0 aromatic heterocycles. The van der Waals surface area contributed by atoms with Gasteiger partial charge in [-0.2, -0.15) is 0 Å². The maximum absolute atomic E-state index is 5.82. The van der Waals surface area contributed by atoms with Gasteiger partial charge in [0.15, 0.2) is 0 Å². The van der Waals surface area contributed by atoms with Gasteiger partial charge < -0.3 is 4.74 Å². The number of benzene rings is 1. The smallest absolute Gasteiger partial charge is 0.122 e. The van der Waals surface area contributed by atoms with Crippen molar-refractivity contribution in [1.29, 1.82) is 0 Å². The molecule has 0 aliphatic heterocycles. The van der Waals surface area contributed by atoms with Crippen molar-refractivity contribution in [2.24, 2.45) is 0 Å². The average molecular weight is 218 g/mol. The van der Waals surface area contributed by atoms with Crippen molar-refractivity contribution in [3.63, 3.8) is 0 Å². The van der Waals surface area contributed by atoms with Crippen LogP contribution in [0.5, 0.6) is 0 Å². The maximum Gasteiger partial charge on any atom is 0.122 e. The molecule has 0 amide bonds. The highest BCUT2D eigenvalue weighted by molar-refractivity contribution is 5.62. The molecule has 0 aliphatic carbocycles. The lowest BCUT2D eigenvalue weighted by atomic mass is 10.1. The van der Waals surface area contributed by atoms with Gasteiger partial charge in [0, 0.05) is 5.56 Å². The molecular weight excluding hydrogens is 196 g/mol. The van der Waals surface area contributed by atoms with Gasteiger partial charge in [0.2, 0.25) is 0 Å². The minimum absolute atomic E-state index is 0.821. The Hall–Kier alpha value is -1.24. The van der Waals surface area contributed by atoms with Crippen molar-refractivity contribution in [1.82, 2.24) is 0 Å². The van der Waals surface area contributed by atoms with Crippen LogP contribution in [0.25, 0.3) is 5.76 Å². The van der Waals surface area contributed by atoms with Crippen LogP contribution in [-0.2, 0) is 4.74 Å². The molecule has 0 spiro atoms. The fourth-order valence-corrected chi connectivity index (χ4v) is 1.70. The van der Waals surface area contributed by atoms with Crippen LogP contribution in [0.15, 0.2) is 30.3 Å². The molecule has 1 heteroatoms. The fourth-order valence-electron chi connectivity index (χ4n) is 1.70. The summed E-state index contributed by atoms with van der Waals surface area (Å²) in [4.78, 5) is 0. The summed E-state index contributed by atoms with van der Waals surface area (Å²) in [6.45, 7) is 7.18. The van der Waals surface area contributed by atoms with Gasteiger partial charge in [-0.15, -0.1) is 0 Å². The van der Waals surface area contributed by atoms with E-state index in [1.165, 1.54) is 24.0 Å². The second-order valence-corrected chi connectivity index (χ2v) is 4.02. The molecule has 0 saturated heterocycles. The van der Waals surface area contributed by atoms with E-state index in [-0.39, 0.29) is 0 Å². The van der Waals surface area contributed by atoms with E-state index in [1.807, 2.05) is 13.0 Å². The average Bonchev–Trinajstić information content (AvgIpc) is 2.31. The van der Waals surface area contributed by atoms with Crippen LogP contribution in [0.4, 0.5) is 0 Å². The first-order valence-corrected chi connectivity index (χ1v) is 6.14. The zero-order valence-corrected chi connectivity index (χ0v) is 10.6. The number of unbranched alkanes of at least 4 members (excludes halogenated alkanes) is 2. The summed E-state index contributed by atoms with van der Waals surface area (Å²) >= 11 is 0. The third-order valence-corrected chi connectivity index (χ3v) is 2.68. The normalized spacial score (nSPS) is 11.6. The van der Waals surface area contributed by atoms with Crippen LogP contribution >= 0.6 is 0 Å². The monoisotopic (exact) mass is 218 g/mol. The standard InChI is InChI=1S/C15H22O/c1-4-6-9-12-16-15(5-2)14-11-8-7-10-13(14)3/h5,7-8,10-11H,4,6,9,12H2,1-3H3. The molecule has 16 heavy (non-hydrogen) atoms. The third kappa shape index (κ3) is 3.73. The molecule has 0 atom stereocenters.